The summed E-state index contributed by atoms with van der Waals surface area (Å²) >= 11 is 0. The van der Waals surface area contributed by atoms with Crippen molar-refractivity contribution in [2.45, 2.75) is 47.0 Å². The molecule has 0 aliphatic rings. The maximum atomic E-state index is 14.8. The summed E-state index contributed by atoms with van der Waals surface area (Å²) in [6, 6.07) is 23.5. The lowest BCUT2D eigenvalue weighted by atomic mass is 9.72. The number of hydrogen-bond acceptors (Lipinski definition) is 6. The molecule has 232 valence electrons. The Morgan fingerprint density at radius 1 is 0.533 bits per heavy atom. The van der Waals surface area contributed by atoms with E-state index < -0.39 is 35.0 Å². The average Bonchev–Trinajstić information content (AvgIpc) is 3.02. The number of methoxy groups -OCH3 is 2. The van der Waals surface area contributed by atoms with Crippen LogP contribution in [0, 0.1) is 32.6 Å². The summed E-state index contributed by atoms with van der Waals surface area (Å²) in [5.74, 6) is -4.60. The number of rotatable bonds is 11. The van der Waals surface area contributed by atoms with Crippen molar-refractivity contribution in [3.05, 3.63) is 129 Å². The van der Waals surface area contributed by atoms with Gasteiger partial charge in [0.15, 0.2) is 23.1 Å². The van der Waals surface area contributed by atoms with E-state index >= 15 is 0 Å². The fourth-order valence-electron chi connectivity index (χ4n) is 5.49. The Labute approximate surface area is 265 Å². The highest BCUT2D eigenvalue weighted by Crippen LogP contribution is 2.33. The van der Waals surface area contributed by atoms with Crippen LogP contribution in [0.25, 0.3) is 0 Å². The Bertz CT molecular complexity index is 1740. The van der Waals surface area contributed by atoms with Crippen LogP contribution in [0.5, 0.6) is 11.5 Å². The number of Topliss-reactive ketones (excluding diaryl/α,β-unsaturated/α-hetero) is 4. The molecule has 0 fully saturated rings. The summed E-state index contributed by atoms with van der Waals surface area (Å²) < 4.78 is 10.5. The van der Waals surface area contributed by atoms with Crippen molar-refractivity contribution in [2.24, 2.45) is 11.8 Å². The Balaban J connectivity index is 1.99. The highest BCUT2D eigenvalue weighted by Gasteiger charge is 2.45. The normalized spacial score (nSPS) is 12.6. The third-order valence-corrected chi connectivity index (χ3v) is 8.23. The molecule has 0 aliphatic carbocycles. The van der Waals surface area contributed by atoms with Crippen molar-refractivity contribution in [1.29, 1.82) is 0 Å². The van der Waals surface area contributed by atoms with E-state index in [1.54, 1.807) is 80.6 Å². The molecule has 0 spiro atoms. The lowest BCUT2D eigenvalue weighted by Gasteiger charge is -2.26. The SMILES string of the molecule is COc1ccc(C(=O)C(C(=O)c2ccc(C)cc2C)C(C(=O)c2ccc(OC)cc2)C(=O)c2cc(C(C)(C)C)ccc2C)cc1. The number of carbonyl (C=O) groups excluding carboxylic acids is 4. The summed E-state index contributed by atoms with van der Waals surface area (Å²) in [5.41, 5.74) is 3.83. The first-order valence-electron chi connectivity index (χ1n) is 14.9. The summed E-state index contributed by atoms with van der Waals surface area (Å²) in [7, 11) is 3.03. The van der Waals surface area contributed by atoms with Crippen LogP contribution < -0.4 is 9.47 Å². The molecule has 6 heteroatoms. The molecule has 0 aromatic heterocycles. The first-order chi connectivity index (χ1) is 21.3. The van der Waals surface area contributed by atoms with E-state index in [4.69, 9.17) is 9.47 Å². The molecule has 6 nitrogen and oxygen atoms in total. The van der Waals surface area contributed by atoms with Crippen molar-refractivity contribution >= 4 is 23.1 Å². The Hall–Kier alpha value is -4.84. The maximum absolute atomic E-state index is 14.8. The molecular formula is C39H40O6. The van der Waals surface area contributed by atoms with E-state index in [1.807, 2.05) is 45.9 Å². The van der Waals surface area contributed by atoms with Gasteiger partial charge in [-0.2, -0.15) is 0 Å². The molecule has 0 radical (unpaired) electrons. The van der Waals surface area contributed by atoms with E-state index in [1.165, 1.54) is 14.2 Å². The molecule has 2 unspecified atom stereocenters. The van der Waals surface area contributed by atoms with E-state index in [2.05, 4.69) is 0 Å². The molecular weight excluding hydrogens is 564 g/mol. The van der Waals surface area contributed by atoms with Crippen molar-refractivity contribution in [1.82, 2.24) is 0 Å². The van der Waals surface area contributed by atoms with Gasteiger partial charge < -0.3 is 9.47 Å². The predicted molar refractivity (Wildman–Crippen MR) is 176 cm³/mol. The maximum Gasteiger partial charge on any atom is 0.175 e. The topological polar surface area (TPSA) is 86.7 Å². The molecule has 0 bridgehead atoms. The Morgan fingerprint density at radius 3 is 1.42 bits per heavy atom. The van der Waals surface area contributed by atoms with Crippen molar-refractivity contribution in [3.63, 3.8) is 0 Å². The molecule has 0 aliphatic heterocycles. The minimum Gasteiger partial charge on any atom is -0.497 e. The summed E-state index contributed by atoms with van der Waals surface area (Å²) in [4.78, 5) is 58.3. The summed E-state index contributed by atoms with van der Waals surface area (Å²) in [6.45, 7) is 11.6. The lowest BCUT2D eigenvalue weighted by Crippen LogP contribution is -2.41. The molecule has 0 saturated carbocycles. The number of benzene rings is 4. The molecule has 2 atom stereocenters. The third-order valence-electron chi connectivity index (χ3n) is 8.23. The number of aryl methyl sites for hydroxylation is 3. The number of ketones is 4. The van der Waals surface area contributed by atoms with Crippen LogP contribution in [0.4, 0.5) is 0 Å². The third kappa shape index (κ3) is 7.12. The number of ether oxygens (including phenoxy) is 2. The van der Waals surface area contributed by atoms with Crippen LogP contribution in [0.15, 0.2) is 84.9 Å². The molecule has 0 saturated heterocycles. The van der Waals surface area contributed by atoms with E-state index in [0.29, 0.717) is 28.2 Å². The van der Waals surface area contributed by atoms with E-state index in [0.717, 1.165) is 11.1 Å². The molecule has 4 rings (SSSR count). The largest absolute Gasteiger partial charge is 0.497 e. The number of hydrogen-bond donors (Lipinski definition) is 0. The molecule has 0 N–H and O–H groups in total. The van der Waals surface area contributed by atoms with Gasteiger partial charge in [0.05, 0.1) is 14.2 Å². The second kappa shape index (κ2) is 13.4. The van der Waals surface area contributed by atoms with Gasteiger partial charge in [-0.25, -0.2) is 0 Å². The van der Waals surface area contributed by atoms with Gasteiger partial charge in [0.2, 0.25) is 0 Å². The van der Waals surface area contributed by atoms with Gasteiger partial charge in [0, 0.05) is 22.3 Å². The monoisotopic (exact) mass is 604 g/mol. The number of carbonyl (C=O) groups is 4. The van der Waals surface area contributed by atoms with Crippen LogP contribution in [0.2, 0.25) is 0 Å². The molecule has 45 heavy (non-hydrogen) atoms. The van der Waals surface area contributed by atoms with Crippen LogP contribution in [0.3, 0.4) is 0 Å². The first-order valence-corrected chi connectivity index (χ1v) is 14.9. The smallest absolute Gasteiger partial charge is 0.175 e. The van der Waals surface area contributed by atoms with Gasteiger partial charge >= 0.3 is 0 Å². The highest BCUT2D eigenvalue weighted by atomic mass is 16.5. The van der Waals surface area contributed by atoms with Crippen molar-refractivity contribution in [3.8, 4) is 11.5 Å². The highest BCUT2D eigenvalue weighted by molar-refractivity contribution is 6.26. The van der Waals surface area contributed by atoms with Crippen LogP contribution in [-0.2, 0) is 5.41 Å². The quantitative estimate of drug-likeness (QED) is 0.127. The van der Waals surface area contributed by atoms with Gasteiger partial charge in [0.1, 0.15) is 23.3 Å². The minimum absolute atomic E-state index is 0.194. The molecule has 4 aromatic rings. The van der Waals surface area contributed by atoms with Gasteiger partial charge in [0.25, 0.3) is 0 Å². The average molecular weight is 605 g/mol. The minimum atomic E-state index is -1.63. The summed E-state index contributed by atoms with van der Waals surface area (Å²) in [6.07, 6.45) is 0. The van der Waals surface area contributed by atoms with Gasteiger partial charge in [-0.3, -0.25) is 19.2 Å². The fourth-order valence-corrected chi connectivity index (χ4v) is 5.49. The van der Waals surface area contributed by atoms with E-state index in [-0.39, 0.29) is 22.1 Å². The molecule has 0 amide bonds. The zero-order valence-corrected chi connectivity index (χ0v) is 27.2. The zero-order valence-electron chi connectivity index (χ0n) is 27.2. The second-order valence-corrected chi connectivity index (χ2v) is 12.5. The van der Waals surface area contributed by atoms with E-state index in [9.17, 15) is 19.2 Å². The molecule has 0 heterocycles. The second-order valence-electron chi connectivity index (χ2n) is 12.5. The predicted octanol–water partition coefficient (Wildman–Crippen LogP) is 7.99. The lowest BCUT2D eigenvalue weighted by molar-refractivity contribution is 0.0624. The summed E-state index contributed by atoms with van der Waals surface area (Å²) in [5, 5.41) is 0. The van der Waals surface area contributed by atoms with Gasteiger partial charge in [-0.05, 0) is 97.5 Å². The van der Waals surface area contributed by atoms with Crippen LogP contribution in [-0.4, -0.2) is 37.4 Å². The standard InChI is InChI=1S/C39H40O6/c1-23-9-20-31(25(3)21-23)37(42)33(35(40)26-11-16-29(44-7)17-12-26)34(36(41)27-13-18-30(45-8)19-14-27)38(43)32-22-28(39(4,5)6)15-10-24(32)2/h9-22,33-34H,1-8H3. The van der Waals surface area contributed by atoms with Crippen molar-refractivity contribution in [2.75, 3.05) is 14.2 Å². The van der Waals surface area contributed by atoms with Crippen molar-refractivity contribution < 1.29 is 28.7 Å². The van der Waals surface area contributed by atoms with Crippen LogP contribution >= 0.6 is 0 Å². The van der Waals surface area contributed by atoms with Crippen LogP contribution in [0.1, 0.15) is 84.5 Å². The van der Waals surface area contributed by atoms with Gasteiger partial charge in [-0.15, -0.1) is 0 Å². The Kier molecular flexibility index (Phi) is 9.87. The zero-order chi connectivity index (χ0) is 33.1. The van der Waals surface area contributed by atoms with Gasteiger partial charge in [-0.1, -0.05) is 56.7 Å². The fraction of sp³-hybridized carbons (Fsp3) is 0.282. The first kappa shape index (κ1) is 33.1. The Morgan fingerprint density at radius 2 is 1.00 bits per heavy atom. The molecule has 4 aromatic carbocycles.